The molecule has 5 nitrogen and oxygen atoms in total. The summed E-state index contributed by atoms with van der Waals surface area (Å²) in [5, 5.41) is 10.4. The molecule has 5 heteroatoms. The highest BCUT2D eigenvalue weighted by molar-refractivity contribution is 5.29. The van der Waals surface area contributed by atoms with Crippen molar-refractivity contribution < 1.29 is 14.6 Å². The van der Waals surface area contributed by atoms with Gasteiger partial charge in [0.05, 0.1) is 0 Å². The molecule has 4 rings (SSSR count). The molecule has 1 unspecified atom stereocenters. The van der Waals surface area contributed by atoms with Crippen LogP contribution < -0.4 is 4.74 Å². The van der Waals surface area contributed by atoms with Gasteiger partial charge in [0.25, 0.3) is 0 Å². The topological polar surface area (TPSA) is 45.2 Å². The molecule has 162 valence electrons. The van der Waals surface area contributed by atoms with Crippen molar-refractivity contribution in [2.24, 2.45) is 0 Å². The molecule has 0 bridgehead atoms. The molecule has 1 saturated heterocycles. The normalized spacial score (nSPS) is 18.9. The van der Waals surface area contributed by atoms with Crippen molar-refractivity contribution in [3.8, 4) is 5.75 Å². The van der Waals surface area contributed by atoms with Gasteiger partial charge in [0.15, 0.2) is 0 Å². The average Bonchev–Trinajstić information content (AvgIpc) is 2.79. The van der Waals surface area contributed by atoms with Crippen LogP contribution in [-0.2, 0) is 24.2 Å². The van der Waals surface area contributed by atoms with E-state index in [9.17, 15) is 5.11 Å². The Bertz CT molecular complexity index is 789. The minimum Gasteiger partial charge on any atom is -0.491 e. The summed E-state index contributed by atoms with van der Waals surface area (Å²) in [6.45, 7) is 5.53. The predicted octanol–water partition coefficient (Wildman–Crippen LogP) is 3.10. The van der Waals surface area contributed by atoms with Gasteiger partial charge in [-0.3, -0.25) is 9.80 Å². The Hall–Kier alpha value is -1.92. The fourth-order valence-electron chi connectivity index (χ4n) is 4.49. The lowest BCUT2D eigenvalue weighted by Gasteiger charge is -2.31. The molecule has 2 heterocycles. The summed E-state index contributed by atoms with van der Waals surface area (Å²) in [6.07, 6.45) is 2.78. The van der Waals surface area contributed by atoms with Crippen LogP contribution in [0.5, 0.6) is 5.75 Å². The van der Waals surface area contributed by atoms with Gasteiger partial charge in [-0.25, -0.2) is 0 Å². The average molecular weight is 411 g/mol. The predicted molar refractivity (Wildman–Crippen MR) is 119 cm³/mol. The highest BCUT2D eigenvalue weighted by Gasteiger charge is 2.19. The van der Waals surface area contributed by atoms with Crippen molar-refractivity contribution in [3.05, 3.63) is 65.2 Å². The van der Waals surface area contributed by atoms with Gasteiger partial charge in [-0.2, -0.15) is 0 Å². The van der Waals surface area contributed by atoms with Crippen LogP contribution in [0.2, 0.25) is 0 Å². The zero-order valence-corrected chi connectivity index (χ0v) is 18.0. The molecule has 2 aliphatic heterocycles. The second-order valence-electron chi connectivity index (χ2n) is 8.62. The molecule has 0 radical (unpaired) electrons. The number of hydrogen-bond donors (Lipinski definition) is 1. The third-order valence-corrected chi connectivity index (χ3v) is 6.29. The van der Waals surface area contributed by atoms with Gasteiger partial charge >= 0.3 is 0 Å². The number of ether oxygens (including phenoxy) is 2. The Morgan fingerprint density at radius 3 is 2.60 bits per heavy atom. The number of nitrogens with zero attached hydrogens (tertiary/aromatic N) is 2. The van der Waals surface area contributed by atoms with E-state index >= 15 is 0 Å². The van der Waals surface area contributed by atoms with Gasteiger partial charge in [0.2, 0.25) is 0 Å². The molecule has 2 aliphatic rings. The lowest BCUT2D eigenvalue weighted by molar-refractivity contribution is 0.0407. The summed E-state index contributed by atoms with van der Waals surface area (Å²) in [6, 6.07) is 17.5. The minimum atomic E-state index is -0.491. The van der Waals surface area contributed by atoms with Crippen molar-refractivity contribution in [1.29, 1.82) is 0 Å². The van der Waals surface area contributed by atoms with Crippen molar-refractivity contribution in [2.45, 2.75) is 44.5 Å². The van der Waals surface area contributed by atoms with E-state index in [1.165, 1.54) is 16.7 Å². The molecule has 2 aromatic carbocycles. The summed E-state index contributed by atoms with van der Waals surface area (Å²) in [7, 11) is 2.19. The Balaban J connectivity index is 1.20. The zero-order valence-electron chi connectivity index (χ0n) is 18.0. The first-order valence-corrected chi connectivity index (χ1v) is 11.1. The van der Waals surface area contributed by atoms with Crippen LogP contribution in [0.1, 0.15) is 29.5 Å². The molecule has 0 aliphatic carbocycles. The maximum absolute atomic E-state index is 10.4. The molecule has 0 saturated carbocycles. The second-order valence-corrected chi connectivity index (χ2v) is 8.62. The van der Waals surface area contributed by atoms with Crippen molar-refractivity contribution in [2.75, 3.05) is 40.0 Å². The summed E-state index contributed by atoms with van der Waals surface area (Å²) in [5.74, 6) is 0.815. The third-order valence-electron chi connectivity index (χ3n) is 6.29. The van der Waals surface area contributed by atoms with Gasteiger partial charge < -0.3 is 14.6 Å². The van der Waals surface area contributed by atoms with E-state index in [0.29, 0.717) is 19.2 Å². The number of benzene rings is 2. The first-order valence-electron chi connectivity index (χ1n) is 11.1. The summed E-state index contributed by atoms with van der Waals surface area (Å²) in [5.41, 5.74) is 4.09. The molecular weight excluding hydrogens is 376 g/mol. The molecule has 1 fully saturated rings. The molecule has 2 aromatic rings. The molecule has 0 amide bonds. The van der Waals surface area contributed by atoms with Crippen LogP contribution in [0.4, 0.5) is 0 Å². The Morgan fingerprint density at radius 1 is 1.10 bits per heavy atom. The van der Waals surface area contributed by atoms with Crippen LogP contribution in [0.15, 0.2) is 48.5 Å². The summed E-state index contributed by atoms with van der Waals surface area (Å²) < 4.78 is 11.3. The van der Waals surface area contributed by atoms with Crippen LogP contribution in [0.25, 0.3) is 0 Å². The quantitative estimate of drug-likeness (QED) is 0.725. The molecule has 0 spiro atoms. The van der Waals surface area contributed by atoms with Gasteiger partial charge in [-0.1, -0.05) is 36.4 Å². The number of fused-ring (bicyclic) bond motifs is 1. The van der Waals surface area contributed by atoms with Gasteiger partial charge in [-0.05, 0) is 55.1 Å². The van der Waals surface area contributed by atoms with E-state index in [1.54, 1.807) is 0 Å². The fourth-order valence-corrected chi connectivity index (χ4v) is 4.49. The van der Waals surface area contributed by atoms with E-state index in [0.717, 1.165) is 57.9 Å². The smallest absolute Gasteiger partial charge is 0.119 e. The minimum absolute atomic E-state index is 0.319. The number of aliphatic hydroxyl groups excluding tert-OH is 1. The largest absolute Gasteiger partial charge is 0.491 e. The SMILES string of the molecule is CN(Cc1ccc(OCC(O)CN2CCc3ccccc3C2)cc1)C1CCOCC1. The van der Waals surface area contributed by atoms with Gasteiger partial charge in [0.1, 0.15) is 18.5 Å². The highest BCUT2D eigenvalue weighted by atomic mass is 16.5. The Morgan fingerprint density at radius 2 is 1.83 bits per heavy atom. The maximum Gasteiger partial charge on any atom is 0.119 e. The molecule has 1 N–H and O–H groups in total. The zero-order chi connectivity index (χ0) is 20.8. The number of aliphatic hydroxyl groups is 1. The van der Waals surface area contributed by atoms with E-state index in [-0.39, 0.29) is 0 Å². The third kappa shape index (κ3) is 5.82. The lowest BCUT2D eigenvalue weighted by Crippen LogP contribution is -2.38. The van der Waals surface area contributed by atoms with Gasteiger partial charge in [0, 0.05) is 45.4 Å². The van der Waals surface area contributed by atoms with Crippen molar-refractivity contribution in [1.82, 2.24) is 9.80 Å². The van der Waals surface area contributed by atoms with Crippen LogP contribution in [0, 0.1) is 0 Å². The highest BCUT2D eigenvalue weighted by Crippen LogP contribution is 2.20. The molecule has 0 aromatic heterocycles. The maximum atomic E-state index is 10.4. The van der Waals surface area contributed by atoms with E-state index < -0.39 is 6.10 Å². The van der Waals surface area contributed by atoms with E-state index in [4.69, 9.17) is 9.47 Å². The van der Waals surface area contributed by atoms with Crippen LogP contribution in [0.3, 0.4) is 0 Å². The fraction of sp³-hybridized carbons (Fsp3) is 0.520. The van der Waals surface area contributed by atoms with Crippen molar-refractivity contribution >= 4 is 0 Å². The number of hydrogen-bond acceptors (Lipinski definition) is 5. The number of β-amino-alcohol motifs (C(OH)–C–C–N with tert-alkyl or cyclic N) is 1. The van der Waals surface area contributed by atoms with Crippen molar-refractivity contribution in [3.63, 3.8) is 0 Å². The Kier molecular flexibility index (Phi) is 7.39. The van der Waals surface area contributed by atoms with Crippen LogP contribution >= 0.6 is 0 Å². The first-order chi connectivity index (χ1) is 14.7. The second kappa shape index (κ2) is 10.4. The summed E-state index contributed by atoms with van der Waals surface area (Å²) in [4.78, 5) is 4.73. The molecule has 30 heavy (non-hydrogen) atoms. The monoisotopic (exact) mass is 410 g/mol. The number of rotatable bonds is 8. The Labute approximate surface area is 180 Å². The standard InChI is InChI=1S/C25H34N2O3/c1-26(23-11-14-29-15-12-23)16-20-6-8-25(9-7-20)30-19-24(28)18-27-13-10-21-4-2-3-5-22(21)17-27/h2-9,23-24,28H,10-19H2,1H3. The molecular formula is C25H34N2O3. The van der Waals surface area contributed by atoms with Crippen LogP contribution in [-0.4, -0.2) is 67.0 Å². The molecule has 1 atom stereocenters. The van der Waals surface area contributed by atoms with E-state index in [2.05, 4.69) is 53.2 Å². The first kappa shape index (κ1) is 21.3. The van der Waals surface area contributed by atoms with Gasteiger partial charge in [-0.15, -0.1) is 0 Å². The lowest BCUT2D eigenvalue weighted by atomic mass is 10.00. The van der Waals surface area contributed by atoms with E-state index in [1.807, 2.05) is 12.1 Å². The summed E-state index contributed by atoms with van der Waals surface area (Å²) >= 11 is 0.